The second-order valence-corrected chi connectivity index (χ2v) is 4.31. The summed E-state index contributed by atoms with van der Waals surface area (Å²) in [6, 6.07) is 9.11. The van der Waals surface area contributed by atoms with Crippen molar-refractivity contribution in [1.82, 2.24) is 0 Å². The van der Waals surface area contributed by atoms with E-state index in [2.05, 4.69) is 9.71 Å². The van der Waals surface area contributed by atoms with Crippen LogP contribution < -0.4 is 5.32 Å². The molecule has 0 amide bonds. The van der Waals surface area contributed by atoms with Gasteiger partial charge in [0, 0.05) is 5.69 Å². The fraction of sp³-hybridized carbons (Fsp3) is 0.125. The second kappa shape index (κ2) is 3.30. The predicted molar refractivity (Wildman–Crippen MR) is 52.4 cm³/mol. The van der Waals surface area contributed by atoms with Gasteiger partial charge in [-0.25, -0.2) is 8.42 Å². The van der Waals surface area contributed by atoms with Crippen LogP contribution in [0.15, 0.2) is 34.7 Å². The highest BCUT2D eigenvalue weighted by atomic mass is 32.2. The lowest BCUT2D eigenvalue weighted by Crippen LogP contribution is -2.11. The van der Waals surface area contributed by atoms with Crippen LogP contribution in [-0.2, 0) is 14.8 Å². The number of rotatable bonds is 1. The Morgan fingerprint density at radius 2 is 2.00 bits per heavy atom. The molecule has 0 fully saturated rings. The molecule has 1 heterocycles. The van der Waals surface area contributed by atoms with Crippen LogP contribution in [0.2, 0.25) is 0 Å². The molecular weight excluding hydrogens is 204 g/mol. The molecule has 14 heavy (non-hydrogen) atoms. The van der Waals surface area contributed by atoms with Crippen molar-refractivity contribution in [3.8, 4) is 0 Å². The first-order chi connectivity index (χ1) is 6.66. The van der Waals surface area contributed by atoms with Crippen molar-refractivity contribution in [3.63, 3.8) is 0 Å². The number of nitrogens with one attached hydrogen (secondary N) is 1. The molecule has 0 saturated heterocycles. The maximum absolute atomic E-state index is 10.9. The predicted octanol–water partition coefficient (Wildman–Crippen LogP) is 0.772. The molecule has 0 atom stereocenters. The lowest BCUT2D eigenvalue weighted by Gasteiger charge is -2.02. The largest absolute Gasteiger partial charge is 0.446 e. The molecule has 2 rings (SSSR count). The van der Waals surface area contributed by atoms with Crippen molar-refractivity contribution < 1.29 is 13.2 Å². The van der Waals surface area contributed by atoms with E-state index in [1.54, 1.807) is 12.1 Å². The minimum atomic E-state index is -3.41. The van der Waals surface area contributed by atoms with E-state index in [1.807, 2.05) is 18.2 Å². The Bertz CT molecular complexity index is 453. The first kappa shape index (κ1) is 9.01. The summed E-state index contributed by atoms with van der Waals surface area (Å²) in [5.41, 5.74) is 0.739. The monoisotopic (exact) mass is 212 g/mol. The van der Waals surface area contributed by atoms with E-state index >= 15 is 0 Å². The summed E-state index contributed by atoms with van der Waals surface area (Å²) in [7, 11) is -3.41. The number of ether oxygens (including phenoxy) is 1. The van der Waals surface area contributed by atoms with Crippen molar-refractivity contribution in [2.45, 2.75) is 0 Å². The number of hydrogen-bond donors (Lipinski definition) is 1. The highest BCUT2D eigenvalue weighted by Crippen LogP contribution is 2.10. The number of hydrogen-bond acceptors (Lipinski definition) is 4. The van der Waals surface area contributed by atoms with Crippen LogP contribution >= 0.6 is 0 Å². The van der Waals surface area contributed by atoms with Gasteiger partial charge < -0.3 is 10.1 Å². The van der Waals surface area contributed by atoms with E-state index in [0.29, 0.717) is 0 Å². The van der Waals surface area contributed by atoms with Crippen molar-refractivity contribution in [3.05, 3.63) is 30.3 Å². The average molecular weight is 212 g/mol. The number of benzene rings is 1. The normalized spacial score (nSPS) is 18.4. The second-order valence-electron chi connectivity index (χ2n) is 2.73. The maximum atomic E-state index is 10.9. The van der Waals surface area contributed by atoms with Crippen LogP contribution in [0.25, 0.3) is 0 Å². The first-order valence-electron chi connectivity index (χ1n) is 3.93. The molecule has 0 unspecified atom stereocenters. The molecule has 1 aromatic rings. The molecule has 6 heteroatoms. The lowest BCUT2D eigenvalue weighted by molar-refractivity contribution is 0.379. The zero-order valence-electron chi connectivity index (χ0n) is 7.17. The molecule has 0 radical (unpaired) electrons. The lowest BCUT2D eigenvalue weighted by atomic mass is 10.3. The summed E-state index contributed by atoms with van der Waals surface area (Å²) < 4.78 is 30.0. The number of para-hydroxylation sites is 1. The topological polar surface area (TPSA) is 67.8 Å². The van der Waals surface area contributed by atoms with Gasteiger partial charge in [0.1, 0.15) is 0 Å². The fourth-order valence-electron chi connectivity index (χ4n) is 1.01. The molecule has 74 valence electrons. The molecule has 0 aliphatic carbocycles. The minimum absolute atomic E-state index is 0.0243. The van der Waals surface area contributed by atoms with Gasteiger partial charge in [0.15, 0.2) is 0 Å². The summed E-state index contributed by atoms with van der Waals surface area (Å²) in [6.45, 7) is 0. The van der Waals surface area contributed by atoms with E-state index in [0.717, 1.165) is 5.69 Å². The average Bonchev–Trinajstić information content (AvgIpc) is 2.47. The van der Waals surface area contributed by atoms with Crippen LogP contribution in [0.3, 0.4) is 0 Å². The zero-order valence-corrected chi connectivity index (χ0v) is 7.99. The Hall–Kier alpha value is -1.56. The van der Waals surface area contributed by atoms with Crippen molar-refractivity contribution in [2.75, 3.05) is 11.3 Å². The van der Waals surface area contributed by atoms with Gasteiger partial charge in [-0.15, -0.1) is 4.40 Å². The minimum Gasteiger partial charge on any atom is -0.446 e. The molecule has 5 nitrogen and oxygen atoms in total. The Balaban J connectivity index is 2.15. The molecule has 0 spiro atoms. The van der Waals surface area contributed by atoms with Crippen LogP contribution in [0.4, 0.5) is 5.69 Å². The number of sulfonamides is 1. The summed E-state index contributed by atoms with van der Waals surface area (Å²) >= 11 is 0. The molecule has 1 aliphatic rings. The van der Waals surface area contributed by atoms with E-state index < -0.39 is 10.0 Å². The Morgan fingerprint density at radius 3 is 2.57 bits per heavy atom. The Morgan fingerprint density at radius 1 is 1.29 bits per heavy atom. The summed E-state index contributed by atoms with van der Waals surface area (Å²) in [6.07, 6.45) is 0. The molecular formula is C8H8N2O3S. The van der Waals surface area contributed by atoms with Crippen LogP contribution in [0, 0.1) is 0 Å². The quantitative estimate of drug-likeness (QED) is 0.746. The first-order valence-corrected chi connectivity index (χ1v) is 5.54. The van der Waals surface area contributed by atoms with E-state index in [-0.39, 0.29) is 12.0 Å². The fourth-order valence-corrected chi connectivity index (χ4v) is 1.68. The Labute approximate surface area is 81.5 Å². The Kier molecular flexibility index (Phi) is 2.12. The van der Waals surface area contributed by atoms with Gasteiger partial charge in [-0.05, 0) is 12.1 Å². The van der Waals surface area contributed by atoms with Crippen LogP contribution in [0.5, 0.6) is 0 Å². The van der Waals surface area contributed by atoms with Gasteiger partial charge in [0.05, 0.1) is 0 Å². The third kappa shape index (κ3) is 2.02. The van der Waals surface area contributed by atoms with Gasteiger partial charge in [-0.2, -0.15) is 0 Å². The maximum Gasteiger partial charge on any atom is 0.306 e. The smallest absolute Gasteiger partial charge is 0.306 e. The molecule has 1 aliphatic heterocycles. The summed E-state index contributed by atoms with van der Waals surface area (Å²) in [5, 5.41) is 2.75. The third-order valence-corrected chi connectivity index (χ3v) is 2.45. The van der Waals surface area contributed by atoms with Gasteiger partial charge >= 0.3 is 6.02 Å². The number of amidine groups is 1. The van der Waals surface area contributed by atoms with Crippen molar-refractivity contribution in [2.24, 2.45) is 4.40 Å². The van der Waals surface area contributed by atoms with Gasteiger partial charge in [-0.1, -0.05) is 18.2 Å². The highest BCUT2D eigenvalue weighted by Gasteiger charge is 2.21. The standard InChI is InChI=1S/C8H8N2O3S/c11-14(12)6-13-8(10-14)9-7-4-2-1-3-5-7/h1-5H,6H2,(H,9,10). The molecule has 1 aromatic carbocycles. The van der Waals surface area contributed by atoms with Gasteiger partial charge in [0.25, 0.3) is 10.0 Å². The number of anilines is 1. The zero-order chi connectivity index (χ0) is 10.0. The molecule has 0 bridgehead atoms. The molecule has 1 N–H and O–H groups in total. The third-order valence-electron chi connectivity index (χ3n) is 1.59. The number of nitrogens with zero attached hydrogens (tertiary/aromatic N) is 1. The van der Waals surface area contributed by atoms with E-state index in [1.165, 1.54) is 0 Å². The highest BCUT2D eigenvalue weighted by molar-refractivity contribution is 7.90. The van der Waals surface area contributed by atoms with Gasteiger partial charge in [-0.3, -0.25) is 0 Å². The molecule has 0 saturated carbocycles. The van der Waals surface area contributed by atoms with Crippen LogP contribution in [0.1, 0.15) is 0 Å². The van der Waals surface area contributed by atoms with Crippen molar-refractivity contribution >= 4 is 21.7 Å². The summed E-state index contributed by atoms with van der Waals surface area (Å²) in [5.74, 6) is -0.387. The van der Waals surface area contributed by atoms with E-state index in [4.69, 9.17) is 4.74 Å². The van der Waals surface area contributed by atoms with Crippen molar-refractivity contribution in [1.29, 1.82) is 0 Å². The SMILES string of the molecule is O=S1(=O)COC(Nc2ccccc2)=N1. The molecule has 0 aromatic heterocycles. The van der Waals surface area contributed by atoms with E-state index in [9.17, 15) is 8.42 Å². The van der Waals surface area contributed by atoms with Crippen LogP contribution in [-0.4, -0.2) is 20.4 Å². The summed E-state index contributed by atoms with van der Waals surface area (Å²) in [4.78, 5) is 0. The van der Waals surface area contributed by atoms with Gasteiger partial charge in [0.2, 0.25) is 5.94 Å².